The molecule has 0 aromatic heterocycles. The maximum atomic E-state index is 10.7. The highest BCUT2D eigenvalue weighted by Crippen LogP contribution is 2.58. The Bertz CT molecular complexity index is 305. The molecular formula is C4H8NO7P3. The fourth-order valence-corrected chi connectivity index (χ4v) is 3.84. The van der Waals surface area contributed by atoms with Gasteiger partial charge in [0.1, 0.15) is 0 Å². The number of hydrogen-bond donors (Lipinski definition) is 2. The van der Waals surface area contributed by atoms with Gasteiger partial charge in [0.25, 0.3) is 0 Å². The van der Waals surface area contributed by atoms with E-state index >= 15 is 0 Å². The van der Waals surface area contributed by atoms with Crippen LogP contribution in [0.5, 0.6) is 0 Å². The lowest BCUT2D eigenvalue weighted by Gasteiger charge is -2.23. The van der Waals surface area contributed by atoms with Gasteiger partial charge in [0.15, 0.2) is 0 Å². The first-order chi connectivity index (χ1) is 6.64. The molecule has 0 aliphatic carbocycles. The molecule has 0 amide bonds. The second-order valence-electron chi connectivity index (χ2n) is 2.68. The molecule has 4 unspecified atom stereocenters. The van der Waals surface area contributed by atoms with Crippen LogP contribution >= 0.6 is 24.1 Å². The van der Waals surface area contributed by atoms with Gasteiger partial charge in [-0.2, -0.15) is 0 Å². The number of hydrogen-bond acceptors (Lipinski definition) is 8. The topological polar surface area (TPSA) is 167 Å². The largest absolute Gasteiger partial charge is 0.594 e. The summed E-state index contributed by atoms with van der Waals surface area (Å²) in [5.74, 6) is 0. The van der Waals surface area contributed by atoms with E-state index in [0.717, 1.165) is 6.92 Å². The fraction of sp³-hybridized carbons (Fsp3) is 1.00. The van der Waals surface area contributed by atoms with E-state index in [-0.39, 0.29) is 0 Å². The van der Waals surface area contributed by atoms with Gasteiger partial charge < -0.3 is 19.8 Å². The summed E-state index contributed by atoms with van der Waals surface area (Å²) in [6.45, 7) is 1.15. The summed E-state index contributed by atoms with van der Waals surface area (Å²) in [5.41, 5.74) is 5.11. The number of rotatable bonds is 5. The number of aliphatic hydroxyl groups is 1. The SMILES string of the molecule is CCC(N)([P+](=O)[O-])C(O)([P+](=O)[O-])[P+](=O)[O-]. The Morgan fingerprint density at radius 1 is 1.13 bits per heavy atom. The molecule has 8 nitrogen and oxygen atoms in total. The van der Waals surface area contributed by atoms with Gasteiger partial charge in [0, 0.05) is 6.42 Å². The Balaban J connectivity index is 5.72. The van der Waals surface area contributed by atoms with Gasteiger partial charge in [-0.3, -0.25) is 5.73 Å². The zero-order valence-corrected chi connectivity index (χ0v) is 10.2. The lowest BCUT2D eigenvalue weighted by molar-refractivity contribution is -0.201. The summed E-state index contributed by atoms with van der Waals surface area (Å²) in [7, 11) is -11.6. The average molecular weight is 275 g/mol. The van der Waals surface area contributed by atoms with Crippen molar-refractivity contribution in [3.05, 3.63) is 0 Å². The minimum absolute atomic E-state index is 0.561. The second kappa shape index (κ2) is 4.95. The van der Waals surface area contributed by atoms with Crippen molar-refractivity contribution < 1.29 is 33.5 Å². The molecule has 0 bridgehead atoms. The first kappa shape index (κ1) is 15.1. The molecule has 15 heavy (non-hydrogen) atoms. The molecule has 0 spiro atoms. The molecule has 86 valence electrons. The van der Waals surface area contributed by atoms with Gasteiger partial charge in [0.2, 0.25) is 0 Å². The van der Waals surface area contributed by atoms with Crippen LogP contribution in [-0.2, 0) is 13.7 Å². The van der Waals surface area contributed by atoms with Crippen LogP contribution in [0.25, 0.3) is 0 Å². The van der Waals surface area contributed by atoms with Crippen molar-refractivity contribution in [2.45, 2.75) is 23.7 Å². The summed E-state index contributed by atoms with van der Waals surface area (Å²) >= 11 is 0. The van der Waals surface area contributed by atoms with E-state index in [4.69, 9.17) is 5.73 Å². The van der Waals surface area contributed by atoms with Crippen LogP contribution in [-0.4, -0.2) is 15.5 Å². The van der Waals surface area contributed by atoms with E-state index in [1.165, 1.54) is 0 Å². The lowest BCUT2D eigenvalue weighted by atomic mass is 10.2. The van der Waals surface area contributed by atoms with Crippen molar-refractivity contribution in [2.24, 2.45) is 5.73 Å². The predicted molar refractivity (Wildman–Crippen MR) is 45.0 cm³/mol. The molecule has 0 aromatic carbocycles. The minimum Gasteiger partial charge on any atom is -0.594 e. The predicted octanol–water partition coefficient (Wildman–Crippen LogP) is -1.99. The third kappa shape index (κ3) is 2.28. The molecule has 0 rings (SSSR count). The van der Waals surface area contributed by atoms with Crippen LogP contribution in [0, 0.1) is 0 Å². The second-order valence-corrected chi connectivity index (χ2v) is 6.67. The average Bonchev–Trinajstić information content (AvgIpc) is 2.13. The highest BCUT2D eigenvalue weighted by atomic mass is 31.2. The van der Waals surface area contributed by atoms with Crippen molar-refractivity contribution in [1.82, 2.24) is 0 Å². The molecule has 0 saturated heterocycles. The third-order valence-electron chi connectivity index (χ3n) is 1.95. The standard InChI is InChI=1S/C4H8NO7P3/c1-2-3(5,13(7)8)4(6,14(9)10)15(11)12/h6H,2,5H2,1H3. The van der Waals surface area contributed by atoms with Gasteiger partial charge in [-0.1, -0.05) is 20.6 Å². The normalized spacial score (nSPS) is 22.4. The summed E-state index contributed by atoms with van der Waals surface area (Å²) in [4.78, 5) is 32.0. The summed E-state index contributed by atoms with van der Waals surface area (Å²) < 4.78 is 32.0. The van der Waals surface area contributed by atoms with E-state index in [1.54, 1.807) is 0 Å². The van der Waals surface area contributed by atoms with Gasteiger partial charge in [-0.25, -0.2) is 0 Å². The van der Waals surface area contributed by atoms with Crippen LogP contribution < -0.4 is 20.4 Å². The molecule has 4 atom stereocenters. The fourth-order valence-electron chi connectivity index (χ4n) is 0.872. The van der Waals surface area contributed by atoms with Gasteiger partial charge in [-0.15, -0.1) is 0 Å². The van der Waals surface area contributed by atoms with Gasteiger partial charge >= 0.3 is 34.4 Å². The molecule has 0 aliphatic rings. The zero-order valence-electron chi connectivity index (χ0n) is 7.52. The van der Waals surface area contributed by atoms with E-state index in [0.29, 0.717) is 0 Å². The molecule has 0 radical (unpaired) electrons. The molecule has 3 N–H and O–H groups in total. The van der Waals surface area contributed by atoms with E-state index in [2.05, 4.69) is 0 Å². The van der Waals surface area contributed by atoms with Crippen molar-refractivity contribution >= 4 is 24.1 Å². The Morgan fingerprint density at radius 2 is 1.47 bits per heavy atom. The van der Waals surface area contributed by atoms with E-state index in [1.807, 2.05) is 0 Å². The first-order valence-electron chi connectivity index (χ1n) is 3.59. The minimum atomic E-state index is -3.96. The maximum absolute atomic E-state index is 10.7. The van der Waals surface area contributed by atoms with E-state index < -0.39 is 40.9 Å². The summed E-state index contributed by atoms with van der Waals surface area (Å²) in [6.07, 6.45) is -0.561. The molecule has 0 fully saturated rings. The highest BCUT2D eigenvalue weighted by Gasteiger charge is 2.77. The van der Waals surface area contributed by atoms with Crippen LogP contribution in [0.3, 0.4) is 0 Å². The van der Waals surface area contributed by atoms with Crippen molar-refractivity contribution in [1.29, 1.82) is 0 Å². The Kier molecular flexibility index (Phi) is 4.99. The smallest absolute Gasteiger partial charge is 0.505 e. The summed E-state index contributed by atoms with van der Waals surface area (Å²) in [6, 6.07) is 0. The Hall–Kier alpha value is 0.1000. The monoisotopic (exact) mass is 275 g/mol. The third-order valence-corrected chi connectivity index (χ3v) is 6.40. The lowest BCUT2D eigenvalue weighted by Crippen LogP contribution is -2.57. The molecule has 0 aromatic rings. The molecule has 0 heterocycles. The molecule has 11 heteroatoms. The van der Waals surface area contributed by atoms with Crippen molar-refractivity contribution in [3.63, 3.8) is 0 Å². The zero-order chi connectivity index (χ0) is 12.4. The van der Waals surface area contributed by atoms with Crippen molar-refractivity contribution in [2.75, 3.05) is 0 Å². The van der Waals surface area contributed by atoms with Crippen molar-refractivity contribution in [3.8, 4) is 0 Å². The van der Waals surface area contributed by atoms with Gasteiger partial charge in [0.05, 0.1) is 0 Å². The Morgan fingerprint density at radius 3 is 1.53 bits per heavy atom. The van der Waals surface area contributed by atoms with Crippen LogP contribution in [0.4, 0.5) is 0 Å². The quantitative estimate of drug-likeness (QED) is 0.543. The summed E-state index contributed by atoms with van der Waals surface area (Å²) in [5, 5.41) is 3.13. The van der Waals surface area contributed by atoms with Crippen LogP contribution in [0.2, 0.25) is 0 Å². The Labute approximate surface area is 87.7 Å². The number of nitrogens with two attached hydrogens (primary N) is 1. The van der Waals surface area contributed by atoms with E-state index in [9.17, 15) is 33.5 Å². The van der Waals surface area contributed by atoms with Crippen LogP contribution in [0.1, 0.15) is 13.3 Å². The van der Waals surface area contributed by atoms with Gasteiger partial charge in [-0.05, 0) is 0 Å². The molecular weight excluding hydrogens is 267 g/mol. The first-order valence-corrected chi connectivity index (χ1v) is 7.12. The van der Waals surface area contributed by atoms with Crippen LogP contribution in [0.15, 0.2) is 0 Å². The highest BCUT2D eigenvalue weighted by molar-refractivity contribution is 7.59. The molecule has 0 aliphatic heterocycles. The molecule has 0 saturated carbocycles. The maximum Gasteiger partial charge on any atom is 0.505 e.